The fourth-order valence-corrected chi connectivity index (χ4v) is 3.05. The van der Waals surface area contributed by atoms with Crippen LogP contribution in [0.4, 0.5) is 4.79 Å². The van der Waals surface area contributed by atoms with Gasteiger partial charge < -0.3 is 10.2 Å². The van der Waals surface area contributed by atoms with E-state index in [1.54, 1.807) is 17.5 Å². The number of nitrogens with zero attached hydrogens (tertiary/aromatic N) is 3. The van der Waals surface area contributed by atoms with E-state index in [0.29, 0.717) is 19.1 Å². The summed E-state index contributed by atoms with van der Waals surface area (Å²) < 4.78 is 1.84. The molecule has 0 spiro atoms. The Morgan fingerprint density at radius 3 is 3.05 bits per heavy atom. The summed E-state index contributed by atoms with van der Waals surface area (Å²) in [7, 11) is 0. The zero-order valence-electron chi connectivity index (χ0n) is 12.1. The lowest BCUT2D eigenvalue weighted by molar-refractivity contribution is 0.187. The molecule has 1 atom stereocenters. The van der Waals surface area contributed by atoms with Crippen LogP contribution in [-0.2, 0) is 13.1 Å². The third kappa shape index (κ3) is 3.85. The van der Waals surface area contributed by atoms with Gasteiger partial charge in [0.2, 0.25) is 0 Å². The monoisotopic (exact) mass is 304 g/mol. The molecule has 0 aliphatic heterocycles. The number of carbonyl (C=O) groups excluding carboxylic acids is 1. The van der Waals surface area contributed by atoms with Crippen LogP contribution in [0.25, 0.3) is 0 Å². The van der Waals surface area contributed by atoms with Gasteiger partial charge in [-0.25, -0.2) is 4.79 Å². The molecule has 1 fully saturated rings. The van der Waals surface area contributed by atoms with Gasteiger partial charge in [0.25, 0.3) is 0 Å². The largest absolute Gasteiger partial charge is 0.334 e. The molecule has 0 saturated heterocycles. The summed E-state index contributed by atoms with van der Waals surface area (Å²) in [6.45, 7) is 3.41. The van der Waals surface area contributed by atoms with Crippen molar-refractivity contribution in [2.24, 2.45) is 0 Å². The molecule has 1 N–H and O–H groups in total. The summed E-state index contributed by atoms with van der Waals surface area (Å²) >= 11 is 1.70. The Morgan fingerprint density at radius 1 is 1.57 bits per heavy atom. The Kier molecular flexibility index (Phi) is 4.24. The summed E-state index contributed by atoms with van der Waals surface area (Å²) in [5.74, 6) is 0. The molecule has 1 saturated carbocycles. The Hall–Kier alpha value is -1.82. The first-order chi connectivity index (χ1) is 10.2. The van der Waals surface area contributed by atoms with Crippen molar-refractivity contribution in [3.63, 3.8) is 0 Å². The molecule has 1 unspecified atom stereocenters. The van der Waals surface area contributed by atoms with E-state index < -0.39 is 0 Å². The third-order valence-electron chi connectivity index (χ3n) is 3.54. The second kappa shape index (κ2) is 6.30. The van der Waals surface area contributed by atoms with Gasteiger partial charge in [0.05, 0.1) is 13.1 Å². The number of rotatable bonds is 6. The molecule has 1 aliphatic carbocycles. The molecule has 3 rings (SSSR count). The van der Waals surface area contributed by atoms with Gasteiger partial charge >= 0.3 is 6.03 Å². The molecule has 0 aromatic carbocycles. The van der Waals surface area contributed by atoms with Crippen molar-refractivity contribution in [3.05, 3.63) is 40.8 Å². The van der Waals surface area contributed by atoms with Crippen LogP contribution in [0.3, 0.4) is 0 Å². The zero-order valence-corrected chi connectivity index (χ0v) is 12.9. The highest BCUT2D eigenvalue weighted by molar-refractivity contribution is 7.09. The van der Waals surface area contributed by atoms with Crippen molar-refractivity contribution in [1.82, 2.24) is 20.0 Å². The molecule has 5 nitrogen and oxygen atoms in total. The number of thiophene rings is 1. The first kappa shape index (κ1) is 14.1. The van der Waals surface area contributed by atoms with Gasteiger partial charge in [0.15, 0.2) is 0 Å². The topological polar surface area (TPSA) is 50.2 Å². The molecule has 6 heteroatoms. The maximum atomic E-state index is 12.5. The first-order valence-corrected chi connectivity index (χ1v) is 8.17. The van der Waals surface area contributed by atoms with Crippen molar-refractivity contribution in [1.29, 1.82) is 0 Å². The second-order valence-corrected chi connectivity index (χ2v) is 6.55. The van der Waals surface area contributed by atoms with Crippen molar-refractivity contribution >= 4 is 17.4 Å². The molecular formula is C15H20N4OS. The number of amides is 2. The summed E-state index contributed by atoms with van der Waals surface area (Å²) in [5, 5.41) is 9.31. The van der Waals surface area contributed by atoms with E-state index in [4.69, 9.17) is 0 Å². The third-order valence-corrected chi connectivity index (χ3v) is 4.41. The Morgan fingerprint density at radius 2 is 2.43 bits per heavy atom. The highest BCUT2D eigenvalue weighted by Crippen LogP contribution is 2.29. The molecule has 0 bridgehead atoms. The van der Waals surface area contributed by atoms with E-state index >= 15 is 0 Å². The minimum absolute atomic E-state index is 0.0329. The van der Waals surface area contributed by atoms with Crippen molar-refractivity contribution in [2.75, 3.05) is 0 Å². The molecule has 0 radical (unpaired) electrons. The van der Waals surface area contributed by atoms with Crippen molar-refractivity contribution in [3.8, 4) is 0 Å². The van der Waals surface area contributed by atoms with Crippen LogP contribution in [0.1, 0.15) is 24.6 Å². The Labute approximate surface area is 128 Å². The van der Waals surface area contributed by atoms with E-state index in [9.17, 15) is 4.79 Å². The highest BCUT2D eigenvalue weighted by Gasteiger charge is 2.33. The van der Waals surface area contributed by atoms with Gasteiger partial charge in [-0.05, 0) is 37.3 Å². The lowest BCUT2D eigenvalue weighted by Crippen LogP contribution is -2.45. The minimum Gasteiger partial charge on any atom is -0.334 e. The number of urea groups is 1. The maximum Gasteiger partial charge on any atom is 0.318 e. The van der Waals surface area contributed by atoms with Gasteiger partial charge in [-0.2, -0.15) is 5.10 Å². The van der Waals surface area contributed by atoms with Crippen molar-refractivity contribution < 1.29 is 4.79 Å². The van der Waals surface area contributed by atoms with Crippen LogP contribution >= 0.6 is 11.3 Å². The molecule has 2 aromatic heterocycles. The molecule has 2 aromatic rings. The van der Waals surface area contributed by atoms with Crippen LogP contribution in [0.15, 0.2) is 36.0 Å². The normalized spacial score (nSPS) is 15.7. The number of hydrogen-bond acceptors (Lipinski definition) is 3. The zero-order chi connectivity index (χ0) is 14.7. The fourth-order valence-electron chi connectivity index (χ4n) is 2.35. The van der Waals surface area contributed by atoms with Gasteiger partial charge in [0, 0.05) is 29.4 Å². The molecule has 2 amide bonds. The summed E-state index contributed by atoms with van der Waals surface area (Å²) in [4.78, 5) is 15.7. The lowest BCUT2D eigenvalue weighted by Gasteiger charge is -2.24. The van der Waals surface area contributed by atoms with E-state index in [0.717, 1.165) is 12.8 Å². The quantitative estimate of drug-likeness (QED) is 0.892. The van der Waals surface area contributed by atoms with Gasteiger partial charge in [-0.15, -0.1) is 11.3 Å². The maximum absolute atomic E-state index is 12.5. The molecule has 2 heterocycles. The first-order valence-electron chi connectivity index (χ1n) is 7.29. The van der Waals surface area contributed by atoms with E-state index in [1.807, 2.05) is 34.8 Å². The number of hydrogen-bond donors (Lipinski definition) is 1. The predicted octanol–water partition coefficient (Wildman–Crippen LogP) is 2.71. The molecular weight excluding hydrogens is 284 g/mol. The van der Waals surface area contributed by atoms with Crippen LogP contribution < -0.4 is 5.32 Å². The van der Waals surface area contributed by atoms with E-state index in [1.165, 1.54) is 4.88 Å². The van der Waals surface area contributed by atoms with E-state index in [-0.39, 0.29) is 12.1 Å². The fraction of sp³-hybridized carbons (Fsp3) is 0.467. The average Bonchev–Trinajstić information content (AvgIpc) is 2.94. The number of nitrogens with one attached hydrogen (secondary N) is 1. The van der Waals surface area contributed by atoms with E-state index in [2.05, 4.69) is 21.9 Å². The Balaban J connectivity index is 1.56. The average molecular weight is 304 g/mol. The van der Waals surface area contributed by atoms with Gasteiger partial charge in [-0.1, -0.05) is 6.07 Å². The van der Waals surface area contributed by atoms with Gasteiger partial charge in [-0.3, -0.25) is 4.68 Å². The minimum atomic E-state index is 0.0329. The van der Waals surface area contributed by atoms with Crippen molar-refractivity contribution in [2.45, 2.75) is 44.9 Å². The number of carbonyl (C=O) groups is 1. The smallest absolute Gasteiger partial charge is 0.318 e. The second-order valence-electron chi connectivity index (χ2n) is 5.52. The predicted molar refractivity (Wildman–Crippen MR) is 83.1 cm³/mol. The van der Waals surface area contributed by atoms with Crippen LogP contribution in [0, 0.1) is 0 Å². The van der Waals surface area contributed by atoms with Gasteiger partial charge in [0.1, 0.15) is 0 Å². The van der Waals surface area contributed by atoms with Crippen LogP contribution in [0.2, 0.25) is 0 Å². The lowest BCUT2D eigenvalue weighted by atomic mass is 10.3. The van der Waals surface area contributed by atoms with Crippen LogP contribution in [-0.4, -0.2) is 32.8 Å². The highest BCUT2D eigenvalue weighted by atomic mass is 32.1. The summed E-state index contributed by atoms with van der Waals surface area (Å²) in [6, 6.07) is 6.50. The molecule has 112 valence electrons. The summed E-state index contributed by atoms with van der Waals surface area (Å²) in [6.07, 6.45) is 5.90. The standard InChI is InChI=1S/C15H20N4OS/c1-12(10-18-8-3-7-16-18)17-15(20)19(13-5-6-13)11-14-4-2-9-21-14/h2-4,7-9,12-13H,5-6,10-11H2,1H3,(H,17,20). The van der Waals surface area contributed by atoms with Crippen LogP contribution in [0.5, 0.6) is 0 Å². The molecule has 1 aliphatic rings. The number of aromatic nitrogens is 2. The summed E-state index contributed by atoms with van der Waals surface area (Å²) in [5.41, 5.74) is 0. The SMILES string of the molecule is CC(Cn1cccn1)NC(=O)N(Cc1cccs1)C1CC1. The Bertz CT molecular complexity index is 563. The molecule has 21 heavy (non-hydrogen) atoms.